The second-order valence-electron chi connectivity index (χ2n) is 4.09. The van der Waals surface area contributed by atoms with E-state index in [0.29, 0.717) is 11.3 Å². The summed E-state index contributed by atoms with van der Waals surface area (Å²) in [6.45, 7) is 2.12. The standard InChI is InChI=1S/C15H15N3/c1-2-11-3-6-14(7-4-11)18-15-8-5-13(17)9-12(15)10-16/h3-9,18H,2,17H2,1H3. The number of nitrogens with zero attached hydrogens (tertiary/aromatic N) is 1. The van der Waals surface area contributed by atoms with Gasteiger partial charge in [-0.2, -0.15) is 5.26 Å². The van der Waals surface area contributed by atoms with Crippen LogP contribution in [0, 0.1) is 11.3 Å². The first-order chi connectivity index (χ1) is 8.72. The molecule has 0 aromatic heterocycles. The third kappa shape index (κ3) is 2.61. The highest BCUT2D eigenvalue weighted by Gasteiger charge is 2.02. The van der Waals surface area contributed by atoms with Crippen LogP contribution in [0.1, 0.15) is 18.1 Å². The second-order valence-corrected chi connectivity index (χ2v) is 4.09. The number of nitrogens with one attached hydrogen (secondary N) is 1. The number of nitrogens with two attached hydrogens (primary N) is 1. The van der Waals surface area contributed by atoms with E-state index in [0.717, 1.165) is 17.8 Å². The predicted octanol–water partition coefficient (Wildman–Crippen LogP) is 3.45. The number of rotatable bonds is 3. The Kier molecular flexibility index (Phi) is 3.49. The van der Waals surface area contributed by atoms with E-state index in [1.54, 1.807) is 12.1 Å². The zero-order chi connectivity index (χ0) is 13.0. The number of aryl methyl sites for hydroxylation is 1. The van der Waals surface area contributed by atoms with Crippen LogP contribution in [-0.4, -0.2) is 0 Å². The number of anilines is 3. The Morgan fingerprint density at radius 3 is 2.50 bits per heavy atom. The van der Waals surface area contributed by atoms with Gasteiger partial charge >= 0.3 is 0 Å². The van der Waals surface area contributed by atoms with Crippen LogP contribution in [0.3, 0.4) is 0 Å². The lowest BCUT2D eigenvalue weighted by Crippen LogP contribution is -1.95. The van der Waals surface area contributed by atoms with Gasteiger partial charge < -0.3 is 11.1 Å². The van der Waals surface area contributed by atoms with Crippen molar-refractivity contribution < 1.29 is 0 Å². The molecule has 0 aliphatic rings. The first-order valence-corrected chi connectivity index (χ1v) is 5.88. The van der Waals surface area contributed by atoms with Gasteiger partial charge in [0, 0.05) is 11.4 Å². The Morgan fingerprint density at radius 2 is 1.89 bits per heavy atom. The molecule has 3 N–H and O–H groups in total. The average molecular weight is 237 g/mol. The topological polar surface area (TPSA) is 61.8 Å². The van der Waals surface area contributed by atoms with E-state index in [4.69, 9.17) is 11.0 Å². The van der Waals surface area contributed by atoms with Gasteiger partial charge in [-0.25, -0.2) is 0 Å². The molecule has 2 rings (SSSR count). The van der Waals surface area contributed by atoms with Crippen LogP contribution in [-0.2, 0) is 6.42 Å². The molecule has 0 unspecified atom stereocenters. The maximum atomic E-state index is 9.06. The largest absolute Gasteiger partial charge is 0.399 e. The zero-order valence-corrected chi connectivity index (χ0v) is 10.3. The maximum absolute atomic E-state index is 9.06. The van der Waals surface area contributed by atoms with Crippen molar-refractivity contribution in [3.8, 4) is 6.07 Å². The van der Waals surface area contributed by atoms with E-state index in [1.807, 2.05) is 18.2 Å². The maximum Gasteiger partial charge on any atom is 0.101 e. The summed E-state index contributed by atoms with van der Waals surface area (Å²) in [5, 5.41) is 12.3. The van der Waals surface area contributed by atoms with E-state index < -0.39 is 0 Å². The minimum absolute atomic E-state index is 0.551. The lowest BCUT2D eigenvalue weighted by atomic mass is 10.1. The number of nitrogen functional groups attached to an aromatic ring is 1. The first-order valence-electron chi connectivity index (χ1n) is 5.88. The highest BCUT2D eigenvalue weighted by atomic mass is 14.9. The highest BCUT2D eigenvalue weighted by molar-refractivity contribution is 5.69. The summed E-state index contributed by atoms with van der Waals surface area (Å²) < 4.78 is 0. The van der Waals surface area contributed by atoms with Crippen LogP contribution < -0.4 is 11.1 Å². The van der Waals surface area contributed by atoms with Crippen molar-refractivity contribution in [1.82, 2.24) is 0 Å². The normalized spacial score (nSPS) is 9.78. The molecule has 0 atom stereocenters. The van der Waals surface area contributed by atoms with Crippen molar-refractivity contribution in [2.45, 2.75) is 13.3 Å². The van der Waals surface area contributed by atoms with E-state index in [-0.39, 0.29) is 0 Å². The van der Waals surface area contributed by atoms with Gasteiger partial charge in [-0.1, -0.05) is 19.1 Å². The molecule has 3 heteroatoms. The van der Waals surface area contributed by atoms with Crippen molar-refractivity contribution in [2.75, 3.05) is 11.1 Å². The zero-order valence-electron chi connectivity index (χ0n) is 10.3. The van der Waals surface area contributed by atoms with Crippen LogP contribution in [0.25, 0.3) is 0 Å². The van der Waals surface area contributed by atoms with E-state index >= 15 is 0 Å². The van der Waals surface area contributed by atoms with Gasteiger partial charge in [-0.3, -0.25) is 0 Å². The van der Waals surface area contributed by atoms with Gasteiger partial charge in [0.15, 0.2) is 0 Å². The molecule has 0 spiro atoms. The van der Waals surface area contributed by atoms with Crippen LogP contribution in [0.15, 0.2) is 42.5 Å². The lowest BCUT2D eigenvalue weighted by molar-refractivity contribution is 1.14. The van der Waals surface area contributed by atoms with E-state index in [9.17, 15) is 0 Å². The van der Waals surface area contributed by atoms with Crippen LogP contribution in [0.5, 0.6) is 0 Å². The van der Waals surface area contributed by atoms with E-state index in [1.165, 1.54) is 5.56 Å². The molecular formula is C15H15N3. The van der Waals surface area contributed by atoms with Crippen molar-refractivity contribution in [3.05, 3.63) is 53.6 Å². The molecule has 0 heterocycles. The smallest absolute Gasteiger partial charge is 0.101 e. The fourth-order valence-electron chi connectivity index (χ4n) is 1.74. The number of hydrogen-bond acceptors (Lipinski definition) is 3. The van der Waals surface area contributed by atoms with Gasteiger partial charge in [0.2, 0.25) is 0 Å². The van der Waals surface area contributed by atoms with Crippen molar-refractivity contribution in [2.24, 2.45) is 0 Å². The van der Waals surface area contributed by atoms with Gasteiger partial charge in [-0.15, -0.1) is 0 Å². The van der Waals surface area contributed by atoms with Gasteiger partial charge in [0.05, 0.1) is 11.3 Å². The minimum atomic E-state index is 0.551. The first kappa shape index (κ1) is 12.0. The fourth-order valence-corrected chi connectivity index (χ4v) is 1.74. The van der Waals surface area contributed by atoms with E-state index in [2.05, 4.69) is 30.4 Å². The van der Waals surface area contributed by atoms with Crippen molar-refractivity contribution in [3.63, 3.8) is 0 Å². The molecule has 0 aliphatic carbocycles. The monoisotopic (exact) mass is 237 g/mol. The van der Waals surface area contributed by atoms with Crippen molar-refractivity contribution >= 4 is 17.1 Å². The van der Waals surface area contributed by atoms with Crippen LogP contribution >= 0.6 is 0 Å². The molecule has 2 aromatic rings. The second kappa shape index (κ2) is 5.24. The number of hydrogen-bond donors (Lipinski definition) is 2. The summed E-state index contributed by atoms with van der Waals surface area (Å²) >= 11 is 0. The molecule has 0 bridgehead atoms. The molecule has 0 radical (unpaired) electrons. The Labute approximate surface area is 107 Å². The molecular weight excluding hydrogens is 222 g/mol. The fraction of sp³-hybridized carbons (Fsp3) is 0.133. The Morgan fingerprint density at radius 1 is 1.17 bits per heavy atom. The molecule has 0 fully saturated rings. The number of benzene rings is 2. The molecule has 0 amide bonds. The van der Waals surface area contributed by atoms with Crippen LogP contribution in [0.4, 0.5) is 17.1 Å². The molecule has 90 valence electrons. The van der Waals surface area contributed by atoms with Gasteiger partial charge in [0.25, 0.3) is 0 Å². The summed E-state index contributed by atoms with van der Waals surface area (Å²) in [6.07, 6.45) is 1.02. The molecule has 2 aromatic carbocycles. The lowest BCUT2D eigenvalue weighted by Gasteiger charge is -2.09. The molecule has 0 aliphatic heterocycles. The Hall–Kier alpha value is -2.47. The quantitative estimate of drug-likeness (QED) is 0.804. The summed E-state index contributed by atoms with van der Waals surface area (Å²) in [7, 11) is 0. The highest BCUT2D eigenvalue weighted by Crippen LogP contribution is 2.22. The molecule has 3 nitrogen and oxygen atoms in total. The molecule has 0 saturated heterocycles. The third-order valence-electron chi connectivity index (χ3n) is 2.81. The Bertz CT molecular complexity index is 580. The third-order valence-corrected chi connectivity index (χ3v) is 2.81. The summed E-state index contributed by atoms with van der Waals surface area (Å²) in [4.78, 5) is 0. The number of nitriles is 1. The van der Waals surface area contributed by atoms with Crippen molar-refractivity contribution in [1.29, 1.82) is 5.26 Å². The van der Waals surface area contributed by atoms with Crippen LogP contribution in [0.2, 0.25) is 0 Å². The predicted molar refractivity (Wildman–Crippen MR) is 74.7 cm³/mol. The minimum Gasteiger partial charge on any atom is -0.399 e. The summed E-state index contributed by atoms with van der Waals surface area (Å²) in [6, 6.07) is 15.6. The SMILES string of the molecule is CCc1ccc(Nc2ccc(N)cc2C#N)cc1. The van der Waals surface area contributed by atoms with Gasteiger partial charge in [0.1, 0.15) is 6.07 Å². The average Bonchev–Trinajstić information content (AvgIpc) is 2.41. The van der Waals surface area contributed by atoms with Gasteiger partial charge in [-0.05, 0) is 42.3 Å². The summed E-state index contributed by atoms with van der Waals surface area (Å²) in [5.41, 5.74) is 9.83. The Balaban J connectivity index is 2.25. The molecule has 18 heavy (non-hydrogen) atoms. The molecule has 0 saturated carbocycles. The summed E-state index contributed by atoms with van der Waals surface area (Å²) in [5.74, 6) is 0.